The first kappa shape index (κ1) is 30.3. The molecule has 0 radical (unpaired) electrons. The normalized spacial score (nSPS) is 11.7. The number of aromatic nitrogens is 3. The van der Waals surface area contributed by atoms with Crippen molar-refractivity contribution in [1.82, 2.24) is 15.0 Å². The van der Waals surface area contributed by atoms with Gasteiger partial charge >= 0.3 is 0 Å². The molecule has 0 aliphatic heterocycles. The van der Waals surface area contributed by atoms with Crippen molar-refractivity contribution in [2.45, 2.75) is 0 Å². The van der Waals surface area contributed by atoms with Crippen LogP contribution in [0.4, 0.5) is 0 Å². The molecule has 0 atom stereocenters. The molecule has 3 heterocycles. The third kappa shape index (κ3) is 5.06. The van der Waals surface area contributed by atoms with Gasteiger partial charge in [0.2, 0.25) is 0 Å². The Morgan fingerprint density at radius 1 is 0.296 bits per heavy atom. The van der Waals surface area contributed by atoms with Gasteiger partial charge in [-0.25, -0.2) is 15.0 Å². The topological polar surface area (TPSA) is 65.0 Å². The predicted molar refractivity (Wildman–Crippen MR) is 219 cm³/mol. The molecule has 0 bridgehead atoms. The Labute approximate surface area is 309 Å². The fourth-order valence-corrected chi connectivity index (χ4v) is 7.62. The van der Waals surface area contributed by atoms with E-state index in [-0.39, 0.29) is 0 Å². The average Bonchev–Trinajstić information content (AvgIpc) is 3.82. The molecule has 0 spiro atoms. The molecule has 252 valence electrons. The smallest absolute Gasteiger partial charge is 0.164 e. The van der Waals surface area contributed by atoms with Crippen LogP contribution in [-0.4, -0.2) is 15.0 Å². The van der Waals surface area contributed by atoms with Crippen LogP contribution < -0.4 is 0 Å². The molecule has 0 aliphatic rings. The molecular weight excluding hydrogens is 663 g/mol. The van der Waals surface area contributed by atoms with E-state index < -0.39 is 0 Å². The number of hydrogen-bond acceptors (Lipinski definition) is 5. The molecule has 0 saturated carbocycles. The molecular formula is C49H29N3O2. The molecule has 5 heteroatoms. The quantitative estimate of drug-likeness (QED) is 0.180. The van der Waals surface area contributed by atoms with Crippen LogP contribution in [0.1, 0.15) is 0 Å². The van der Waals surface area contributed by atoms with E-state index in [1.165, 1.54) is 10.8 Å². The first-order valence-electron chi connectivity index (χ1n) is 18.0. The van der Waals surface area contributed by atoms with E-state index in [2.05, 4.69) is 127 Å². The lowest BCUT2D eigenvalue weighted by Gasteiger charge is -2.10. The van der Waals surface area contributed by atoms with Crippen molar-refractivity contribution < 1.29 is 8.83 Å². The van der Waals surface area contributed by atoms with Gasteiger partial charge in [-0.2, -0.15) is 0 Å². The van der Waals surface area contributed by atoms with Crippen LogP contribution in [0.15, 0.2) is 185 Å². The van der Waals surface area contributed by atoms with Gasteiger partial charge < -0.3 is 8.83 Å². The lowest BCUT2D eigenvalue weighted by atomic mass is 9.98. The van der Waals surface area contributed by atoms with E-state index in [4.69, 9.17) is 23.8 Å². The van der Waals surface area contributed by atoms with E-state index in [0.717, 1.165) is 82.8 Å². The molecule has 0 fully saturated rings. The van der Waals surface area contributed by atoms with Gasteiger partial charge in [0.1, 0.15) is 22.3 Å². The molecule has 0 N–H and O–H groups in total. The Hall–Kier alpha value is -7.37. The highest BCUT2D eigenvalue weighted by Gasteiger charge is 2.16. The number of fused-ring (bicyclic) bond motifs is 7. The first-order valence-corrected chi connectivity index (χ1v) is 18.0. The van der Waals surface area contributed by atoms with Gasteiger partial charge in [0.25, 0.3) is 0 Å². The SMILES string of the molecule is c1ccc2cc(-c3ccc(-c4nc(-c5ccc(-c6cccc7oc8ccccc8c67)cc5)nc(-c5ccc6c(c5)oc5ccccc56)n4)cc3)ccc2c1. The van der Waals surface area contributed by atoms with E-state index in [9.17, 15) is 0 Å². The number of furan rings is 2. The highest BCUT2D eigenvalue weighted by Crippen LogP contribution is 2.38. The molecule has 8 aromatic carbocycles. The van der Waals surface area contributed by atoms with Crippen molar-refractivity contribution in [3.05, 3.63) is 176 Å². The molecule has 0 saturated heterocycles. The molecule has 0 unspecified atom stereocenters. The van der Waals surface area contributed by atoms with Crippen LogP contribution >= 0.6 is 0 Å². The summed E-state index contributed by atoms with van der Waals surface area (Å²) in [6, 6.07) is 60.6. The average molecular weight is 692 g/mol. The summed E-state index contributed by atoms with van der Waals surface area (Å²) in [6.45, 7) is 0. The van der Waals surface area contributed by atoms with Crippen LogP contribution in [0.5, 0.6) is 0 Å². The second-order valence-electron chi connectivity index (χ2n) is 13.6. The van der Waals surface area contributed by atoms with E-state index in [0.29, 0.717) is 17.5 Å². The van der Waals surface area contributed by atoms with Crippen molar-refractivity contribution in [3.8, 4) is 56.4 Å². The van der Waals surface area contributed by atoms with Crippen molar-refractivity contribution in [1.29, 1.82) is 0 Å². The summed E-state index contributed by atoms with van der Waals surface area (Å²) < 4.78 is 12.4. The predicted octanol–water partition coefficient (Wildman–Crippen LogP) is 13.2. The standard InChI is InChI=1S/C49H29N3O2/c1-2-9-35-28-36(25-18-30(35)8-1)31-16-21-33(22-17-31)47-50-48(52-49(51-47)37-26-27-40-39-10-3-5-13-42(39)54-45(40)29-37)34-23-19-32(20-24-34)38-12-7-15-44-46(38)41-11-4-6-14-43(41)53-44/h1-29H. The van der Waals surface area contributed by atoms with E-state index in [1.807, 2.05) is 48.5 Å². The molecule has 3 aromatic heterocycles. The summed E-state index contributed by atoms with van der Waals surface area (Å²) in [4.78, 5) is 15.2. The first-order chi connectivity index (χ1) is 26.7. The minimum atomic E-state index is 0.578. The van der Waals surface area contributed by atoms with Crippen LogP contribution in [0.2, 0.25) is 0 Å². The van der Waals surface area contributed by atoms with E-state index >= 15 is 0 Å². The number of nitrogens with zero attached hydrogens (tertiary/aromatic N) is 3. The highest BCUT2D eigenvalue weighted by atomic mass is 16.3. The summed E-state index contributed by atoms with van der Waals surface area (Å²) in [7, 11) is 0. The largest absolute Gasteiger partial charge is 0.456 e. The molecule has 0 aliphatic carbocycles. The summed E-state index contributed by atoms with van der Waals surface area (Å²) in [5, 5.41) is 6.80. The zero-order valence-electron chi connectivity index (χ0n) is 28.9. The summed E-state index contributed by atoms with van der Waals surface area (Å²) in [5.41, 5.74) is 10.6. The molecule has 11 aromatic rings. The third-order valence-electron chi connectivity index (χ3n) is 10.4. The molecule has 0 amide bonds. The fraction of sp³-hybridized carbons (Fsp3) is 0. The summed E-state index contributed by atoms with van der Waals surface area (Å²) in [6.07, 6.45) is 0. The summed E-state index contributed by atoms with van der Waals surface area (Å²) in [5.74, 6) is 1.77. The van der Waals surface area contributed by atoms with Crippen molar-refractivity contribution in [2.75, 3.05) is 0 Å². The van der Waals surface area contributed by atoms with Crippen LogP contribution in [-0.2, 0) is 0 Å². The Bertz CT molecular complexity index is 3210. The lowest BCUT2D eigenvalue weighted by molar-refractivity contribution is 0.668. The second-order valence-corrected chi connectivity index (χ2v) is 13.6. The second kappa shape index (κ2) is 12.1. The number of hydrogen-bond donors (Lipinski definition) is 0. The Balaban J connectivity index is 1.02. The minimum Gasteiger partial charge on any atom is -0.456 e. The van der Waals surface area contributed by atoms with Gasteiger partial charge in [-0.3, -0.25) is 0 Å². The third-order valence-corrected chi connectivity index (χ3v) is 10.4. The Kier molecular flexibility index (Phi) is 6.79. The number of para-hydroxylation sites is 2. The van der Waals surface area contributed by atoms with Crippen molar-refractivity contribution in [2.24, 2.45) is 0 Å². The maximum absolute atomic E-state index is 6.26. The number of rotatable bonds is 5. The van der Waals surface area contributed by atoms with Crippen LogP contribution in [0.25, 0.3) is 111 Å². The maximum atomic E-state index is 6.26. The maximum Gasteiger partial charge on any atom is 0.164 e. The van der Waals surface area contributed by atoms with E-state index in [1.54, 1.807) is 0 Å². The monoisotopic (exact) mass is 691 g/mol. The van der Waals surface area contributed by atoms with Gasteiger partial charge in [0, 0.05) is 38.2 Å². The highest BCUT2D eigenvalue weighted by molar-refractivity contribution is 6.12. The number of benzene rings is 8. The van der Waals surface area contributed by atoms with Gasteiger partial charge in [-0.1, -0.05) is 140 Å². The van der Waals surface area contributed by atoms with Crippen LogP contribution in [0, 0.1) is 0 Å². The van der Waals surface area contributed by atoms with Crippen molar-refractivity contribution >= 4 is 54.6 Å². The van der Waals surface area contributed by atoms with Gasteiger partial charge in [0.05, 0.1) is 0 Å². The molecule has 11 rings (SSSR count). The zero-order chi connectivity index (χ0) is 35.6. The minimum absolute atomic E-state index is 0.578. The fourth-order valence-electron chi connectivity index (χ4n) is 7.62. The van der Waals surface area contributed by atoms with Crippen molar-refractivity contribution in [3.63, 3.8) is 0 Å². The Morgan fingerprint density at radius 3 is 1.57 bits per heavy atom. The van der Waals surface area contributed by atoms with Gasteiger partial charge in [-0.15, -0.1) is 0 Å². The lowest BCUT2D eigenvalue weighted by Crippen LogP contribution is -2.00. The zero-order valence-corrected chi connectivity index (χ0v) is 28.9. The van der Waals surface area contributed by atoms with Gasteiger partial charge in [-0.05, 0) is 69.4 Å². The summed E-state index contributed by atoms with van der Waals surface area (Å²) >= 11 is 0. The molecule has 54 heavy (non-hydrogen) atoms. The Morgan fingerprint density at radius 2 is 0.815 bits per heavy atom. The van der Waals surface area contributed by atoms with Gasteiger partial charge in [0.15, 0.2) is 17.5 Å². The van der Waals surface area contributed by atoms with Crippen LogP contribution in [0.3, 0.4) is 0 Å². The molecule has 5 nitrogen and oxygen atoms in total.